The third-order valence-electron chi connectivity index (χ3n) is 5.50. The van der Waals surface area contributed by atoms with Crippen molar-refractivity contribution in [2.24, 2.45) is 5.92 Å². The molecule has 1 fully saturated rings. The molecule has 4 rings (SSSR count). The first-order valence-electron chi connectivity index (χ1n) is 10.1. The summed E-state index contributed by atoms with van der Waals surface area (Å²) in [4.78, 5) is 15.8. The van der Waals surface area contributed by atoms with Gasteiger partial charge in [0, 0.05) is 24.5 Å². The molecule has 1 aromatic carbocycles. The fourth-order valence-electron chi connectivity index (χ4n) is 4.00. The number of amides is 1. The maximum atomic E-state index is 12.2. The van der Waals surface area contributed by atoms with Crippen molar-refractivity contribution in [1.29, 1.82) is 0 Å². The molecular weight excluding hydrogens is 372 g/mol. The summed E-state index contributed by atoms with van der Waals surface area (Å²) in [6, 6.07) is 8.24. The number of nitrogens with one attached hydrogen (secondary N) is 1. The van der Waals surface area contributed by atoms with Gasteiger partial charge in [-0.2, -0.15) is 0 Å². The Hall–Kier alpha value is -2.05. The van der Waals surface area contributed by atoms with E-state index in [9.17, 15) is 4.79 Å². The van der Waals surface area contributed by atoms with Gasteiger partial charge in [-0.3, -0.25) is 9.69 Å². The van der Waals surface area contributed by atoms with Crippen molar-refractivity contribution in [2.45, 2.75) is 32.7 Å². The monoisotopic (exact) mass is 400 g/mol. The summed E-state index contributed by atoms with van der Waals surface area (Å²) in [6.45, 7) is 7.19. The lowest BCUT2D eigenvalue weighted by Crippen LogP contribution is -2.41. The Kier molecular flexibility index (Phi) is 6.17. The number of benzene rings is 1. The number of ether oxygens (including phenoxy) is 2. The third-order valence-corrected chi connectivity index (χ3v) is 6.38. The number of hydrogen-bond donors (Lipinski definition) is 1. The Labute approximate surface area is 170 Å². The number of aryl methyl sites for hydroxylation is 1. The molecule has 0 spiro atoms. The number of thiophene rings is 1. The predicted molar refractivity (Wildman–Crippen MR) is 111 cm³/mol. The van der Waals surface area contributed by atoms with Crippen LogP contribution in [0, 0.1) is 12.8 Å². The quantitative estimate of drug-likeness (QED) is 0.808. The number of piperidine rings is 1. The van der Waals surface area contributed by atoms with Crippen LogP contribution in [-0.2, 0) is 17.8 Å². The Morgan fingerprint density at radius 2 is 2.11 bits per heavy atom. The number of hydrogen-bond acceptors (Lipinski definition) is 5. The molecule has 2 aromatic rings. The van der Waals surface area contributed by atoms with Crippen LogP contribution in [0.3, 0.4) is 0 Å². The van der Waals surface area contributed by atoms with E-state index in [0.29, 0.717) is 25.6 Å². The predicted octanol–water partition coefficient (Wildman–Crippen LogP) is 3.40. The van der Waals surface area contributed by atoms with Crippen LogP contribution in [0.4, 0.5) is 0 Å². The number of fused-ring (bicyclic) bond motifs is 1. The van der Waals surface area contributed by atoms with Crippen LogP contribution in [0.1, 0.15) is 28.8 Å². The van der Waals surface area contributed by atoms with Gasteiger partial charge in [0.15, 0.2) is 11.5 Å². The summed E-state index contributed by atoms with van der Waals surface area (Å²) >= 11 is 1.64. The lowest BCUT2D eigenvalue weighted by Gasteiger charge is -2.33. The van der Waals surface area contributed by atoms with Crippen LogP contribution in [0.25, 0.3) is 0 Å². The molecule has 0 radical (unpaired) electrons. The molecule has 150 valence electrons. The molecule has 0 aliphatic carbocycles. The molecule has 6 heteroatoms. The van der Waals surface area contributed by atoms with E-state index in [0.717, 1.165) is 42.6 Å². The number of rotatable bonds is 6. The highest BCUT2D eigenvalue weighted by molar-refractivity contribution is 7.10. The number of carbonyl (C=O) groups is 1. The average Bonchev–Trinajstić information content (AvgIpc) is 3.20. The van der Waals surface area contributed by atoms with Gasteiger partial charge in [-0.05, 0) is 66.9 Å². The van der Waals surface area contributed by atoms with Crippen LogP contribution in [-0.4, -0.2) is 43.7 Å². The van der Waals surface area contributed by atoms with Crippen LogP contribution in [0.5, 0.6) is 11.5 Å². The molecule has 2 aliphatic rings. The van der Waals surface area contributed by atoms with Gasteiger partial charge in [-0.1, -0.05) is 6.07 Å². The van der Waals surface area contributed by atoms with E-state index in [-0.39, 0.29) is 5.91 Å². The van der Waals surface area contributed by atoms with Crippen LogP contribution >= 0.6 is 11.3 Å². The summed E-state index contributed by atoms with van der Waals surface area (Å²) < 4.78 is 11.4. The van der Waals surface area contributed by atoms with Crippen molar-refractivity contribution in [3.63, 3.8) is 0 Å². The fraction of sp³-hybridized carbons (Fsp3) is 0.500. The molecule has 5 nitrogen and oxygen atoms in total. The molecular formula is C22H28N2O3S. The average molecular weight is 401 g/mol. The summed E-state index contributed by atoms with van der Waals surface area (Å²) in [5, 5.41) is 5.15. The SMILES string of the molecule is Cc1cc2c(cc1CN1CCCC(CNC(=O)Cc3cccs3)C1)OCCO2. The van der Waals surface area contributed by atoms with E-state index in [1.807, 2.05) is 17.5 Å². The van der Waals surface area contributed by atoms with E-state index >= 15 is 0 Å². The lowest BCUT2D eigenvalue weighted by atomic mass is 9.96. The van der Waals surface area contributed by atoms with E-state index < -0.39 is 0 Å². The Morgan fingerprint density at radius 1 is 1.29 bits per heavy atom. The fourth-order valence-corrected chi connectivity index (χ4v) is 4.70. The molecule has 0 bridgehead atoms. The molecule has 1 atom stereocenters. The number of likely N-dealkylation sites (tertiary alicyclic amines) is 1. The maximum absolute atomic E-state index is 12.2. The van der Waals surface area contributed by atoms with Gasteiger partial charge in [-0.25, -0.2) is 0 Å². The van der Waals surface area contributed by atoms with Crippen molar-refractivity contribution >= 4 is 17.2 Å². The van der Waals surface area contributed by atoms with Crippen molar-refractivity contribution in [3.05, 3.63) is 45.6 Å². The van der Waals surface area contributed by atoms with Crippen LogP contribution in [0.15, 0.2) is 29.6 Å². The summed E-state index contributed by atoms with van der Waals surface area (Å²) in [5.41, 5.74) is 2.54. The zero-order valence-electron chi connectivity index (χ0n) is 16.4. The molecule has 1 aromatic heterocycles. The molecule has 1 amide bonds. The molecule has 3 heterocycles. The first-order chi connectivity index (χ1) is 13.7. The second-order valence-electron chi connectivity index (χ2n) is 7.73. The van der Waals surface area contributed by atoms with Gasteiger partial charge in [0.1, 0.15) is 13.2 Å². The van der Waals surface area contributed by atoms with Gasteiger partial charge in [0.05, 0.1) is 6.42 Å². The van der Waals surface area contributed by atoms with Gasteiger partial charge in [0.25, 0.3) is 0 Å². The molecule has 0 saturated carbocycles. The second kappa shape index (κ2) is 8.97. The first kappa shape index (κ1) is 19.3. The molecule has 2 aliphatic heterocycles. The highest BCUT2D eigenvalue weighted by atomic mass is 32.1. The molecule has 1 unspecified atom stereocenters. The smallest absolute Gasteiger partial charge is 0.225 e. The van der Waals surface area contributed by atoms with E-state index in [4.69, 9.17) is 9.47 Å². The van der Waals surface area contributed by atoms with Gasteiger partial charge in [0.2, 0.25) is 5.91 Å². The standard InChI is InChI=1S/C22H28N2O3S/c1-16-10-20-21(27-8-7-26-20)11-18(16)15-24-6-2-4-17(14-24)13-23-22(25)12-19-5-3-9-28-19/h3,5,9-11,17H,2,4,6-8,12-15H2,1H3,(H,23,25). The molecule has 1 N–H and O–H groups in total. The van der Waals surface area contributed by atoms with E-state index in [1.165, 1.54) is 24.0 Å². The topological polar surface area (TPSA) is 50.8 Å². The number of nitrogens with zero attached hydrogens (tertiary/aromatic N) is 1. The minimum absolute atomic E-state index is 0.127. The van der Waals surface area contributed by atoms with Gasteiger partial charge in [-0.15, -0.1) is 11.3 Å². The third kappa shape index (κ3) is 4.86. The first-order valence-corrected chi connectivity index (χ1v) is 11.0. The molecule has 28 heavy (non-hydrogen) atoms. The number of carbonyl (C=O) groups excluding carboxylic acids is 1. The van der Waals surface area contributed by atoms with E-state index in [1.54, 1.807) is 11.3 Å². The normalized spacial score (nSPS) is 19.4. The van der Waals surface area contributed by atoms with Crippen molar-refractivity contribution in [3.8, 4) is 11.5 Å². The summed E-state index contributed by atoms with van der Waals surface area (Å²) in [6.07, 6.45) is 2.84. The van der Waals surface area contributed by atoms with Crippen LogP contribution < -0.4 is 14.8 Å². The van der Waals surface area contributed by atoms with Gasteiger partial charge < -0.3 is 14.8 Å². The minimum Gasteiger partial charge on any atom is -0.486 e. The minimum atomic E-state index is 0.127. The largest absolute Gasteiger partial charge is 0.486 e. The van der Waals surface area contributed by atoms with Crippen LogP contribution in [0.2, 0.25) is 0 Å². The Morgan fingerprint density at radius 3 is 2.89 bits per heavy atom. The zero-order chi connectivity index (χ0) is 19.3. The van der Waals surface area contributed by atoms with Crippen molar-refractivity contribution in [2.75, 3.05) is 32.8 Å². The lowest BCUT2D eigenvalue weighted by molar-refractivity contribution is -0.120. The zero-order valence-corrected chi connectivity index (χ0v) is 17.2. The Bertz CT molecular complexity index is 806. The highest BCUT2D eigenvalue weighted by Gasteiger charge is 2.22. The van der Waals surface area contributed by atoms with Crippen molar-refractivity contribution < 1.29 is 14.3 Å². The van der Waals surface area contributed by atoms with E-state index in [2.05, 4.69) is 29.3 Å². The summed E-state index contributed by atoms with van der Waals surface area (Å²) in [7, 11) is 0. The highest BCUT2D eigenvalue weighted by Crippen LogP contribution is 2.33. The molecule has 1 saturated heterocycles. The Balaban J connectivity index is 1.30. The maximum Gasteiger partial charge on any atom is 0.225 e. The van der Waals surface area contributed by atoms with Crippen molar-refractivity contribution in [1.82, 2.24) is 10.2 Å². The summed E-state index contributed by atoms with van der Waals surface area (Å²) in [5.74, 6) is 2.36. The second-order valence-corrected chi connectivity index (χ2v) is 8.76. The van der Waals surface area contributed by atoms with Gasteiger partial charge >= 0.3 is 0 Å².